The van der Waals surface area contributed by atoms with Gasteiger partial charge in [-0.25, -0.2) is 4.79 Å². The molecule has 3 rings (SSSR count). The van der Waals surface area contributed by atoms with Gasteiger partial charge in [-0.3, -0.25) is 23.9 Å². The number of methoxy groups -OCH3 is 1. The van der Waals surface area contributed by atoms with Crippen molar-refractivity contribution in [1.29, 1.82) is 0 Å². The van der Waals surface area contributed by atoms with Crippen LogP contribution in [0.3, 0.4) is 0 Å². The Bertz CT molecular complexity index is 1110. The first-order valence-electron chi connectivity index (χ1n) is 10.1. The molecule has 1 aromatic heterocycles. The predicted molar refractivity (Wildman–Crippen MR) is 118 cm³/mol. The van der Waals surface area contributed by atoms with E-state index in [9.17, 15) is 19.2 Å². The van der Waals surface area contributed by atoms with Crippen LogP contribution in [-0.2, 0) is 16.1 Å². The van der Waals surface area contributed by atoms with Crippen molar-refractivity contribution >= 4 is 29.0 Å². The molecule has 2 amide bonds. The zero-order valence-electron chi connectivity index (χ0n) is 17.9. The number of ether oxygens (including phenoxy) is 1. The summed E-state index contributed by atoms with van der Waals surface area (Å²) >= 11 is 0. The second-order valence-corrected chi connectivity index (χ2v) is 7.50. The molecular weight excluding hydrogens is 402 g/mol. The number of rotatable bonds is 7. The molecule has 1 aliphatic rings. The monoisotopic (exact) mass is 429 g/mol. The molecule has 10 heteroatoms. The highest BCUT2D eigenvalue weighted by Crippen LogP contribution is 2.29. The zero-order chi connectivity index (χ0) is 22.7. The van der Waals surface area contributed by atoms with Crippen molar-refractivity contribution in [2.45, 2.75) is 32.7 Å². The molecule has 2 heterocycles. The van der Waals surface area contributed by atoms with Crippen molar-refractivity contribution in [2.24, 2.45) is 5.92 Å². The van der Waals surface area contributed by atoms with Crippen LogP contribution in [0.5, 0.6) is 5.75 Å². The third-order valence-corrected chi connectivity index (χ3v) is 5.45. The number of carbonyl (C=O) groups excluding carboxylic acids is 2. The lowest BCUT2D eigenvalue weighted by atomic mass is 10.1. The van der Waals surface area contributed by atoms with Crippen molar-refractivity contribution in [2.75, 3.05) is 36.2 Å². The van der Waals surface area contributed by atoms with Crippen molar-refractivity contribution in [1.82, 2.24) is 9.55 Å². The molecule has 3 N–H and O–H groups in total. The van der Waals surface area contributed by atoms with Crippen LogP contribution in [0.1, 0.15) is 26.2 Å². The number of benzene rings is 1. The van der Waals surface area contributed by atoms with Crippen LogP contribution in [0.25, 0.3) is 0 Å². The Labute approximate surface area is 179 Å². The third kappa shape index (κ3) is 4.32. The van der Waals surface area contributed by atoms with Gasteiger partial charge in [-0.15, -0.1) is 0 Å². The smallest absolute Gasteiger partial charge is 0.330 e. The molecule has 0 aliphatic carbocycles. The third-order valence-electron chi connectivity index (χ3n) is 5.45. The number of aromatic nitrogens is 2. The van der Waals surface area contributed by atoms with Gasteiger partial charge >= 0.3 is 5.69 Å². The molecule has 1 atom stereocenters. The number of amides is 2. The number of nitrogens with two attached hydrogens (primary N) is 1. The van der Waals surface area contributed by atoms with E-state index in [4.69, 9.17) is 10.5 Å². The Morgan fingerprint density at radius 2 is 2.06 bits per heavy atom. The fourth-order valence-electron chi connectivity index (χ4n) is 3.72. The van der Waals surface area contributed by atoms with E-state index in [-0.39, 0.29) is 30.4 Å². The zero-order valence-corrected chi connectivity index (χ0v) is 17.9. The number of anilines is 3. The van der Waals surface area contributed by atoms with E-state index in [2.05, 4.69) is 4.98 Å². The van der Waals surface area contributed by atoms with Gasteiger partial charge < -0.3 is 20.3 Å². The highest BCUT2D eigenvalue weighted by Gasteiger charge is 2.38. The van der Waals surface area contributed by atoms with Crippen LogP contribution in [0.4, 0.5) is 17.2 Å². The first-order valence-corrected chi connectivity index (χ1v) is 10.1. The maximum atomic E-state index is 13.1. The molecule has 1 aliphatic heterocycles. The summed E-state index contributed by atoms with van der Waals surface area (Å²) in [5.74, 6) is -0.733. The highest BCUT2D eigenvalue weighted by molar-refractivity contribution is 6.05. The summed E-state index contributed by atoms with van der Waals surface area (Å²) in [6.45, 7) is 2.47. The largest absolute Gasteiger partial charge is 0.497 e. The van der Waals surface area contributed by atoms with Crippen LogP contribution < -0.4 is 31.5 Å². The number of nitrogen functional groups attached to an aromatic ring is 1. The lowest BCUT2D eigenvalue weighted by molar-refractivity contribution is -0.124. The number of carbonyl (C=O) groups is 2. The van der Waals surface area contributed by atoms with Crippen LogP contribution >= 0.6 is 0 Å². The van der Waals surface area contributed by atoms with Gasteiger partial charge in [0.2, 0.25) is 11.8 Å². The molecule has 0 bridgehead atoms. The fraction of sp³-hybridized carbons (Fsp3) is 0.429. The van der Waals surface area contributed by atoms with Crippen LogP contribution in [0.2, 0.25) is 0 Å². The number of H-pyrrole nitrogens is 1. The summed E-state index contributed by atoms with van der Waals surface area (Å²) in [6, 6.07) is 7.02. The average molecular weight is 429 g/mol. The van der Waals surface area contributed by atoms with E-state index in [1.807, 2.05) is 6.92 Å². The molecule has 0 saturated carbocycles. The maximum absolute atomic E-state index is 13.1. The Morgan fingerprint density at radius 3 is 2.74 bits per heavy atom. The lowest BCUT2D eigenvalue weighted by Crippen LogP contribution is -2.42. The maximum Gasteiger partial charge on any atom is 0.330 e. The predicted octanol–water partition coefficient (Wildman–Crippen LogP) is 0.943. The van der Waals surface area contributed by atoms with Gasteiger partial charge in [0.25, 0.3) is 5.56 Å². The molecule has 10 nitrogen and oxygen atoms in total. The quantitative estimate of drug-likeness (QED) is 0.674. The Kier molecular flexibility index (Phi) is 6.47. The van der Waals surface area contributed by atoms with Crippen molar-refractivity contribution < 1.29 is 14.3 Å². The van der Waals surface area contributed by atoms with Gasteiger partial charge in [0.15, 0.2) is 5.69 Å². The Morgan fingerprint density at radius 1 is 1.32 bits per heavy atom. The molecule has 0 spiro atoms. The molecule has 166 valence electrons. The van der Waals surface area contributed by atoms with Crippen LogP contribution in [0.15, 0.2) is 33.9 Å². The molecule has 2 aromatic rings. The number of nitrogens with zero attached hydrogens (tertiary/aromatic N) is 3. The van der Waals surface area contributed by atoms with E-state index < -0.39 is 23.1 Å². The van der Waals surface area contributed by atoms with E-state index in [0.29, 0.717) is 24.4 Å². The van der Waals surface area contributed by atoms with Gasteiger partial charge in [0, 0.05) is 38.3 Å². The number of hydrogen-bond acceptors (Lipinski definition) is 6. The summed E-state index contributed by atoms with van der Waals surface area (Å²) in [5, 5.41) is 0. The number of unbranched alkanes of at least 4 members (excludes halogenated alkanes) is 1. The van der Waals surface area contributed by atoms with Gasteiger partial charge in [-0.1, -0.05) is 19.4 Å². The van der Waals surface area contributed by atoms with Gasteiger partial charge in [-0.05, 0) is 18.6 Å². The summed E-state index contributed by atoms with van der Waals surface area (Å²) in [6.07, 6.45) is 1.53. The minimum absolute atomic E-state index is 0.00761. The van der Waals surface area contributed by atoms with Crippen LogP contribution in [0, 0.1) is 5.92 Å². The van der Waals surface area contributed by atoms with E-state index in [1.165, 1.54) is 23.6 Å². The molecule has 1 fully saturated rings. The van der Waals surface area contributed by atoms with Gasteiger partial charge in [0.05, 0.1) is 13.0 Å². The molecule has 1 unspecified atom stereocenters. The summed E-state index contributed by atoms with van der Waals surface area (Å²) in [5.41, 5.74) is 5.29. The average Bonchev–Trinajstić information content (AvgIpc) is 3.14. The van der Waals surface area contributed by atoms with Crippen molar-refractivity contribution in [3.63, 3.8) is 0 Å². The van der Waals surface area contributed by atoms with E-state index in [0.717, 1.165) is 11.3 Å². The number of nitrogens with one attached hydrogen (secondary N) is 1. The molecular formula is C21H27N5O5. The first-order chi connectivity index (χ1) is 14.8. The molecule has 31 heavy (non-hydrogen) atoms. The highest BCUT2D eigenvalue weighted by atomic mass is 16.5. The second-order valence-electron chi connectivity index (χ2n) is 7.50. The van der Waals surface area contributed by atoms with Crippen LogP contribution in [-0.4, -0.2) is 42.1 Å². The lowest BCUT2D eigenvalue weighted by Gasteiger charge is -2.23. The van der Waals surface area contributed by atoms with Gasteiger partial charge in [-0.2, -0.15) is 0 Å². The summed E-state index contributed by atoms with van der Waals surface area (Å²) < 4.78 is 6.46. The topological polar surface area (TPSA) is 131 Å². The normalized spacial score (nSPS) is 15.9. The molecule has 1 aromatic carbocycles. The van der Waals surface area contributed by atoms with E-state index in [1.54, 1.807) is 24.3 Å². The van der Waals surface area contributed by atoms with E-state index >= 15 is 0 Å². The number of hydrogen-bond donors (Lipinski definition) is 2. The van der Waals surface area contributed by atoms with Crippen molar-refractivity contribution in [3.05, 3.63) is 45.1 Å². The van der Waals surface area contributed by atoms with Crippen molar-refractivity contribution in [3.8, 4) is 5.75 Å². The minimum atomic E-state index is -0.736. The summed E-state index contributed by atoms with van der Waals surface area (Å²) in [7, 11) is 2.96. The molecule has 0 radical (unpaired) electrons. The SMILES string of the molecule is CCCCn1c(N)c(N(C)C(=O)C2CC(=O)N(c3cccc(OC)c3)C2)c(=O)[nH]c1=O. The number of aromatic amines is 1. The fourth-order valence-corrected chi connectivity index (χ4v) is 3.72. The second kappa shape index (κ2) is 9.07. The standard InChI is InChI=1S/C21H27N5O5/c1-4-5-9-25-18(22)17(19(28)23-21(25)30)24(2)20(29)13-10-16(27)26(12-13)14-7-6-8-15(11-14)31-3/h6-8,11,13H,4-5,9-10,12,22H2,1-3H3,(H,23,28,30). The Balaban J connectivity index is 1.86. The first kappa shape index (κ1) is 22.1. The minimum Gasteiger partial charge on any atom is -0.497 e. The van der Waals surface area contributed by atoms with Gasteiger partial charge in [0.1, 0.15) is 11.6 Å². The molecule has 1 saturated heterocycles. The Hall–Kier alpha value is -3.56. The summed E-state index contributed by atoms with van der Waals surface area (Å²) in [4.78, 5) is 55.2.